The minimum absolute atomic E-state index is 0.00716. The van der Waals surface area contributed by atoms with Crippen LogP contribution in [0.5, 0.6) is 11.5 Å². The smallest absolute Gasteiger partial charge is 0.292 e. The van der Waals surface area contributed by atoms with Crippen molar-refractivity contribution in [3.05, 3.63) is 117 Å². The fourth-order valence-corrected chi connectivity index (χ4v) is 5.96. The number of nitrogens with zero attached hydrogens (tertiary/aromatic N) is 3. The van der Waals surface area contributed by atoms with Gasteiger partial charge in [-0.05, 0) is 60.7 Å². The van der Waals surface area contributed by atoms with E-state index in [2.05, 4.69) is 4.72 Å². The molecule has 1 aliphatic heterocycles. The first-order chi connectivity index (χ1) is 20.1. The Bertz CT molecular complexity index is 1740. The van der Waals surface area contributed by atoms with Crippen LogP contribution >= 0.6 is 23.2 Å². The molecule has 1 aliphatic rings. The second-order valence-electron chi connectivity index (χ2n) is 9.32. The van der Waals surface area contributed by atoms with E-state index in [1.165, 1.54) is 48.5 Å². The Hall–Kier alpha value is -4.32. The van der Waals surface area contributed by atoms with Crippen molar-refractivity contribution in [1.29, 1.82) is 0 Å². The molecule has 1 saturated heterocycles. The van der Waals surface area contributed by atoms with E-state index in [9.17, 15) is 23.3 Å². The molecule has 216 valence electrons. The molecule has 5 rings (SSSR count). The number of para-hydroxylation sites is 3. The lowest BCUT2D eigenvalue weighted by Gasteiger charge is -2.36. The van der Waals surface area contributed by atoms with Gasteiger partial charge in [0.15, 0.2) is 0 Å². The van der Waals surface area contributed by atoms with Crippen molar-refractivity contribution < 1.29 is 22.9 Å². The highest BCUT2D eigenvalue weighted by Crippen LogP contribution is 2.32. The summed E-state index contributed by atoms with van der Waals surface area (Å²) in [6.45, 7) is 1.27. The van der Waals surface area contributed by atoms with Crippen LogP contribution in [-0.2, 0) is 10.0 Å². The Morgan fingerprint density at radius 2 is 1.55 bits per heavy atom. The topological polar surface area (TPSA) is 122 Å². The molecule has 1 heterocycles. The molecule has 10 nitrogen and oxygen atoms in total. The van der Waals surface area contributed by atoms with Crippen LogP contribution in [0.2, 0.25) is 10.0 Å². The molecule has 0 radical (unpaired) electrons. The number of anilines is 2. The predicted molar refractivity (Wildman–Crippen MR) is 161 cm³/mol. The highest BCUT2D eigenvalue weighted by molar-refractivity contribution is 7.92. The summed E-state index contributed by atoms with van der Waals surface area (Å²) in [6.07, 6.45) is 0. The van der Waals surface area contributed by atoms with Gasteiger partial charge in [-0.25, -0.2) is 8.42 Å². The van der Waals surface area contributed by atoms with Crippen LogP contribution in [0.4, 0.5) is 17.1 Å². The van der Waals surface area contributed by atoms with Gasteiger partial charge in [-0.3, -0.25) is 19.6 Å². The summed E-state index contributed by atoms with van der Waals surface area (Å²) in [4.78, 5) is 27.9. The van der Waals surface area contributed by atoms with E-state index in [0.29, 0.717) is 35.3 Å². The molecule has 42 heavy (non-hydrogen) atoms. The number of benzene rings is 4. The van der Waals surface area contributed by atoms with E-state index in [0.717, 1.165) is 0 Å². The Kier molecular flexibility index (Phi) is 8.53. The largest absolute Gasteiger partial charge is 0.456 e. The van der Waals surface area contributed by atoms with Gasteiger partial charge in [-0.15, -0.1) is 0 Å². The number of hydrogen-bond donors (Lipinski definition) is 1. The lowest BCUT2D eigenvalue weighted by molar-refractivity contribution is -0.384. The normalized spacial score (nSPS) is 13.5. The third kappa shape index (κ3) is 6.43. The van der Waals surface area contributed by atoms with Crippen LogP contribution in [0.3, 0.4) is 0 Å². The van der Waals surface area contributed by atoms with Gasteiger partial charge in [-0.1, -0.05) is 47.5 Å². The first-order valence-electron chi connectivity index (χ1n) is 12.7. The van der Waals surface area contributed by atoms with Gasteiger partial charge < -0.3 is 14.5 Å². The van der Waals surface area contributed by atoms with Crippen molar-refractivity contribution in [3.63, 3.8) is 0 Å². The number of nitrogens with one attached hydrogen (secondary N) is 1. The maximum Gasteiger partial charge on any atom is 0.292 e. The van der Waals surface area contributed by atoms with E-state index in [1.807, 2.05) is 4.90 Å². The summed E-state index contributed by atoms with van der Waals surface area (Å²) < 4.78 is 34.7. The molecule has 0 spiro atoms. The fourth-order valence-electron chi connectivity index (χ4n) is 4.53. The third-order valence-corrected chi connectivity index (χ3v) is 8.57. The molecule has 4 aromatic rings. The maximum absolute atomic E-state index is 13.5. The second kappa shape index (κ2) is 12.3. The number of sulfonamides is 1. The number of rotatable bonds is 8. The van der Waals surface area contributed by atoms with Gasteiger partial charge in [0, 0.05) is 37.3 Å². The van der Waals surface area contributed by atoms with Crippen LogP contribution in [0.25, 0.3) is 0 Å². The molecular weight excluding hydrogens is 603 g/mol. The van der Waals surface area contributed by atoms with Crippen LogP contribution in [0, 0.1) is 10.1 Å². The van der Waals surface area contributed by atoms with Gasteiger partial charge in [-0.2, -0.15) is 0 Å². The number of nitro groups is 1. The standard InChI is InChI=1S/C29H24Cl2N4O6S/c30-20-9-14-25(32-42(39,40)22-12-10-21(11-13-22)41-28-8-4-1-5-24(28)31)23(19-20)29(36)34-17-15-33(16-18-34)26-6-2-3-7-27(26)35(37)38/h1-14,19,32H,15-18H2. The summed E-state index contributed by atoms with van der Waals surface area (Å²) in [5.41, 5.74) is 0.632. The van der Waals surface area contributed by atoms with Crippen LogP contribution in [-0.4, -0.2) is 50.3 Å². The zero-order chi connectivity index (χ0) is 29.9. The van der Waals surface area contributed by atoms with Crippen molar-refractivity contribution in [2.75, 3.05) is 35.8 Å². The van der Waals surface area contributed by atoms with Crippen LogP contribution < -0.4 is 14.4 Å². The van der Waals surface area contributed by atoms with E-state index in [-0.39, 0.29) is 39.9 Å². The molecule has 0 unspecified atom stereocenters. The first kappa shape index (κ1) is 29.2. The molecule has 0 bridgehead atoms. The molecule has 0 saturated carbocycles. The molecule has 1 N–H and O–H groups in total. The summed E-state index contributed by atoms with van der Waals surface area (Å²) in [5, 5.41) is 12.1. The number of nitro benzene ring substituents is 1. The lowest BCUT2D eigenvalue weighted by atomic mass is 10.1. The third-order valence-electron chi connectivity index (χ3n) is 6.64. The average Bonchev–Trinajstić information content (AvgIpc) is 2.99. The molecule has 4 aromatic carbocycles. The van der Waals surface area contributed by atoms with E-state index in [1.54, 1.807) is 47.4 Å². The number of piperazine rings is 1. The number of halogens is 2. The summed E-state index contributed by atoms with van der Waals surface area (Å²) in [6, 6.07) is 23.5. The quantitative estimate of drug-likeness (QED) is 0.176. The van der Waals surface area contributed by atoms with Crippen LogP contribution in [0.15, 0.2) is 95.9 Å². The maximum atomic E-state index is 13.5. The monoisotopic (exact) mass is 626 g/mol. The second-order valence-corrected chi connectivity index (χ2v) is 11.9. The van der Waals surface area contributed by atoms with E-state index in [4.69, 9.17) is 27.9 Å². The van der Waals surface area contributed by atoms with Gasteiger partial charge in [0.25, 0.3) is 21.6 Å². The number of carbonyl (C=O) groups is 1. The predicted octanol–water partition coefficient (Wildman–Crippen LogP) is 6.46. The molecular formula is C29H24Cl2N4O6S. The Balaban J connectivity index is 1.30. The van der Waals surface area contributed by atoms with E-state index < -0.39 is 20.9 Å². The molecule has 0 aromatic heterocycles. The summed E-state index contributed by atoms with van der Waals surface area (Å²) in [7, 11) is -4.09. The average molecular weight is 628 g/mol. The Labute approximate surface area is 252 Å². The Morgan fingerprint density at radius 1 is 0.881 bits per heavy atom. The molecule has 1 fully saturated rings. The first-order valence-corrected chi connectivity index (χ1v) is 15.0. The molecule has 0 aliphatic carbocycles. The van der Waals surface area contributed by atoms with Gasteiger partial charge in [0.1, 0.15) is 17.2 Å². The van der Waals surface area contributed by atoms with Gasteiger partial charge in [0.05, 0.1) is 26.1 Å². The molecule has 13 heteroatoms. The van der Waals surface area contributed by atoms with Crippen molar-refractivity contribution in [2.45, 2.75) is 4.90 Å². The minimum Gasteiger partial charge on any atom is -0.456 e. The zero-order valence-corrected chi connectivity index (χ0v) is 24.3. The number of ether oxygens (including phenoxy) is 1. The fraction of sp³-hybridized carbons (Fsp3) is 0.138. The summed E-state index contributed by atoms with van der Waals surface area (Å²) >= 11 is 12.3. The number of hydrogen-bond acceptors (Lipinski definition) is 7. The van der Waals surface area contributed by atoms with Crippen molar-refractivity contribution >= 4 is 56.2 Å². The van der Waals surface area contributed by atoms with Gasteiger partial charge >= 0.3 is 0 Å². The molecule has 0 atom stereocenters. The van der Waals surface area contributed by atoms with E-state index >= 15 is 0 Å². The number of carbonyl (C=O) groups excluding carboxylic acids is 1. The van der Waals surface area contributed by atoms with Gasteiger partial charge in [0.2, 0.25) is 0 Å². The number of amides is 1. The van der Waals surface area contributed by atoms with Crippen molar-refractivity contribution in [2.24, 2.45) is 0 Å². The SMILES string of the molecule is O=C(c1cc(Cl)ccc1NS(=O)(=O)c1ccc(Oc2ccccc2Cl)cc1)N1CCN(c2ccccc2[N+](=O)[O-])CC1. The lowest BCUT2D eigenvalue weighted by Crippen LogP contribution is -2.49. The summed E-state index contributed by atoms with van der Waals surface area (Å²) in [5.74, 6) is 0.408. The zero-order valence-electron chi connectivity index (χ0n) is 21.9. The van der Waals surface area contributed by atoms with Crippen LogP contribution in [0.1, 0.15) is 10.4 Å². The molecule has 1 amide bonds. The minimum atomic E-state index is -4.09. The van der Waals surface area contributed by atoms with Crippen molar-refractivity contribution in [3.8, 4) is 11.5 Å². The highest BCUT2D eigenvalue weighted by Gasteiger charge is 2.28. The Morgan fingerprint density at radius 3 is 2.24 bits per heavy atom. The van der Waals surface area contributed by atoms with Crippen molar-refractivity contribution in [1.82, 2.24) is 4.90 Å². The highest BCUT2D eigenvalue weighted by atomic mass is 35.5.